The molecular weight excluding hydrogens is 515 g/mol. The number of alkyl halides is 3. The van der Waals surface area contributed by atoms with E-state index in [-0.39, 0.29) is 33.0 Å². The Bertz CT molecular complexity index is 1580. The largest absolute Gasteiger partial charge is 0.496 e. The SMILES string of the molecule is COc1cc(-c2ccc(C(C)C(O)(c3ccc4oc(=O)n(C)c4c3)C(F)(F)F)c(Cl)c2)ccc1C(=O)O. The van der Waals surface area contributed by atoms with Gasteiger partial charge in [-0.05, 0) is 52.6 Å². The molecule has 0 amide bonds. The average Bonchev–Trinajstić information content (AvgIpc) is 3.14. The van der Waals surface area contributed by atoms with Gasteiger partial charge in [-0.1, -0.05) is 42.8 Å². The summed E-state index contributed by atoms with van der Waals surface area (Å²) in [4.78, 5) is 23.1. The van der Waals surface area contributed by atoms with Crippen molar-refractivity contribution in [3.63, 3.8) is 0 Å². The number of hydrogen-bond donors (Lipinski definition) is 2. The van der Waals surface area contributed by atoms with Crippen LogP contribution in [0.25, 0.3) is 22.2 Å². The Morgan fingerprint density at radius 3 is 2.32 bits per heavy atom. The van der Waals surface area contributed by atoms with Gasteiger partial charge in [0.2, 0.25) is 0 Å². The second-order valence-electron chi connectivity index (χ2n) is 8.55. The highest BCUT2D eigenvalue weighted by molar-refractivity contribution is 6.31. The van der Waals surface area contributed by atoms with Gasteiger partial charge in [-0.2, -0.15) is 13.2 Å². The summed E-state index contributed by atoms with van der Waals surface area (Å²) in [6, 6.07) is 12.0. The van der Waals surface area contributed by atoms with Crippen LogP contribution in [0, 0.1) is 0 Å². The third kappa shape index (κ3) is 4.36. The number of ether oxygens (including phenoxy) is 1. The van der Waals surface area contributed by atoms with Crippen molar-refractivity contribution in [1.29, 1.82) is 0 Å². The molecule has 0 saturated heterocycles. The third-order valence-corrected chi connectivity index (χ3v) is 6.85. The summed E-state index contributed by atoms with van der Waals surface area (Å²) in [5.74, 6) is -3.37. The predicted molar refractivity (Wildman–Crippen MR) is 130 cm³/mol. The molecule has 194 valence electrons. The second kappa shape index (κ2) is 9.28. The molecule has 1 aromatic heterocycles. The van der Waals surface area contributed by atoms with Crippen molar-refractivity contribution < 1.29 is 37.3 Å². The van der Waals surface area contributed by atoms with E-state index >= 15 is 0 Å². The van der Waals surface area contributed by atoms with Crippen LogP contribution in [-0.4, -0.2) is 34.0 Å². The maximum Gasteiger partial charge on any atom is 0.422 e. The zero-order valence-electron chi connectivity index (χ0n) is 19.8. The topological polar surface area (TPSA) is 102 Å². The van der Waals surface area contributed by atoms with Crippen LogP contribution in [0.3, 0.4) is 0 Å². The standard InChI is InChI=1S/C26H21ClF3NO6/c1-13(25(35,26(28,29)30)16-6-9-21-20(12-16)31(2)24(34)37-21)17-7-4-14(10-19(17)27)15-5-8-18(23(32)33)22(11-15)36-3/h4-13,35H,1-3H3,(H,32,33). The smallest absolute Gasteiger partial charge is 0.422 e. The lowest BCUT2D eigenvalue weighted by atomic mass is 9.77. The number of carboxylic acid groups (broad SMARTS) is 1. The van der Waals surface area contributed by atoms with Crippen molar-refractivity contribution >= 4 is 28.7 Å². The third-order valence-electron chi connectivity index (χ3n) is 6.52. The number of hydrogen-bond acceptors (Lipinski definition) is 5. The summed E-state index contributed by atoms with van der Waals surface area (Å²) in [5.41, 5.74) is -2.65. The highest BCUT2D eigenvalue weighted by Crippen LogP contribution is 2.50. The molecule has 7 nitrogen and oxygen atoms in total. The van der Waals surface area contributed by atoms with Crippen molar-refractivity contribution in [2.75, 3.05) is 7.11 Å². The number of nitrogens with zero attached hydrogens (tertiary/aromatic N) is 1. The van der Waals surface area contributed by atoms with Gasteiger partial charge in [0, 0.05) is 18.0 Å². The number of methoxy groups -OCH3 is 1. The fourth-order valence-electron chi connectivity index (χ4n) is 4.35. The molecule has 0 fully saturated rings. The number of carbonyl (C=O) groups is 1. The van der Waals surface area contributed by atoms with Crippen molar-refractivity contribution in [3.8, 4) is 16.9 Å². The number of aromatic nitrogens is 1. The molecule has 2 N–H and O–H groups in total. The van der Waals surface area contributed by atoms with Crippen LogP contribution in [0.5, 0.6) is 5.75 Å². The van der Waals surface area contributed by atoms with Crippen molar-refractivity contribution in [2.45, 2.75) is 24.6 Å². The number of benzene rings is 3. The molecule has 0 bridgehead atoms. The molecule has 0 radical (unpaired) electrons. The molecular formula is C26H21ClF3NO6. The minimum absolute atomic E-state index is 0.0283. The van der Waals surface area contributed by atoms with Gasteiger partial charge in [0.25, 0.3) is 0 Å². The van der Waals surface area contributed by atoms with E-state index in [1.54, 1.807) is 0 Å². The van der Waals surface area contributed by atoms with Gasteiger partial charge < -0.3 is 19.4 Å². The number of rotatable bonds is 6. The zero-order valence-corrected chi connectivity index (χ0v) is 20.5. The maximum absolute atomic E-state index is 14.4. The zero-order chi connectivity index (χ0) is 27.3. The van der Waals surface area contributed by atoms with Gasteiger partial charge in [-0.25, -0.2) is 9.59 Å². The summed E-state index contributed by atoms with van der Waals surface area (Å²) in [5, 5.41) is 20.4. The normalized spacial score (nSPS) is 14.4. The minimum Gasteiger partial charge on any atom is -0.496 e. The van der Waals surface area contributed by atoms with Gasteiger partial charge >= 0.3 is 17.9 Å². The predicted octanol–water partition coefficient (Wildman–Crippen LogP) is 5.71. The second-order valence-corrected chi connectivity index (χ2v) is 8.96. The Labute approximate surface area is 213 Å². The van der Waals surface area contributed by atoms with E-state index in [9.17, 15) is 33.0 Å². The first-order valence-electron chi connectivity index (χ1n) is 10.9. The Morgan fingerprint density at radius 2 is 1.73 bits per heavy atom. The fourth-order valence-corrected chi connectivity index (χ4v) is 4.70. The molecule has 2 atom stereocenters. The Hall–Kier alpha value is -3.76. The molecule has 0 aliphatic heterocycles. The molecule has 37 heavy (non-hydrogen) atoms. The molecule has 1 heterocycles. The molecule has 0 aliphatic rings. The molecule has 4 rings (SSSR count). The van der Waals surface area contributed by atoms with Crippen LogP contribution in [0.1, 0.15) is 34.3 Å². The van der Waals surface area contributed by atoms with E-state index in [1.165, 1.54) is 63.5 Å². The molecule has 3 aromatic carbocycles. The first-order valence-corrected chi connectivity index (χ1v) is 11.3. The van der Waals surface area contributed by atoms with Gasteiger partial charge in [0.05, 0.1) is 12.6 Å². The number of fused-ring (bicyclic) bond motifs is 1. The van der Waals surface area contributed by atoms with E-state index < -0.39 is 35.0 Å². The molecule has 2 unspecified atom stereocenters. The lowest BCUT2D eigenvalue weighted by molar-refractivity contribution is -0.274. The molecule has 4 aromatic rings. The van der Waals surface area contributed by atoms with Crippen LogP contribution in [0.15, 0.2) is 63.8 Å². The average molecular weight is 536 g/mol. The number of aryl methyl sites for hydroxylation is 1. The highest BCUT2D eigenvalue weighted by atomic mass is 35.5. The maximum atomic E-state index is 14.4. The van der Waals surface area contributed by atoms with Gasteiger partial charge in [-0.15, -0.1) is 0 Å². The first kappa shape index (κ1) is 26.3. The summed E-state index contributed by atoms with van der Waals surface area (Å²) < 4.78 is 54.5. The Kier molecular flexibility index (Phi) is 6.60. The lowest BCUT2D eigenvalue weighted by Gasteiger charge is -2.37. The summed E-state index contributed by atoms with van der Waals surface area (Å²) in [6.45, 7) is 1.21. The summed E-state index contributed by atoms with van der Waals surface area (Å²) >= 11 is 6.43. The number of carboxylic acids is 1. The van der Waals surface area contributed by atoms with Crippen molar-refractivity contribution in [1.82, 2.24) is 4.57 Å². The fraction of sp³-hybridized carbons (Fsp3) is 0.231. The molecule has 0 saturated carbocycles. The quantitative estimate of drug-likeness (QED) is 0.328. The van der Waals surface area contributed by atoms with Gasteiger partial charge in [0.1, 0.15) is 11.3 Å². The lowest BCUT2D eigenvalue weighted by Crippen LogP contribution is -2.46. The van der Waals surface area contributed by atoms with Crippen molar-refractivity contribution in [2.24, 2.45) is 7.05 Å². The minimum atomic E-state index is -5.11. The molecule has 0 spiro atoms. The summed E-state index contributed by atoms with van der Waals surface area (Å²) in [7, 11) is 2.67. The van der Waals surface area contributed by atoms with E-state index in [4.69, 9.17) is 20.8 Å². The molecule has 0 aliphatic carbocycles. The Morgan fingerprint density at radius 1 is 1.08 bits per heavy atom. The molecule has 11 heteroatoms. The van der Waals surface area contributed by atoms with E-state index in [1.807, 2.05) is 0 Å². The Balaban J connectivity index is 1.79. The summed E-state index contributed by atoms with van der Waals surface area (Å²) in [6.07, 6.45) is -5.11. The van der Waals surface area contributed by atoms with E-state index in [2.05, 4.69) is 0 Å². The van der Waals surface area contributed by atoms with Gasteiger partial charge in [0.15, 0.2) is 11.2 Å². The number of oxazole rings is 1. The van der Waals surface area contributed by atoms with Crippen LogP contribution >= 0.6 is 11.6 Å². The highest BCUT2D eigenvalue weighted by Gasteiger charge is 2.59. The first-order chi connectivity index (χ1) is 17.3. The van der Waals surface area contributed by atoms with Crippen LogP contribution in [0.4, 0.5) is 13.2 Å². The number of aromatic carboxylic acids is 1. The number of aliphatic hydroxyl groups is 1. The monoisotopic (exact) mass is 535 g/mol. The van der Waals surface area contributed by atoms with E-state index in [0.717, 1.165) is 16.7 Å². The van der Waals surface area contributed by atoms with Gasteiger partial charge in [-0.3, -0.25) is 4.57 Å². The number of halogens is 4. The van der Waals surface area contributed by atoms with Crippen LogP contribution < -0.4 is 10.5 Å². The van der Waals surface area contributed by atoms with Crippen LogP contribution in [-0.2, 0) is 12.6 Å². The van der Waals surface area contributed by atoms with E-state index in [0.29, 0.717) is 11.1 Å². The van der Waals surface area contributed by atoms with Crippen molar-refractivity contribution in [3.05, 3.63) is 86.9 Å². The van der Waals surface area contributed by atoms with Crippen LogP contribution in [0.2, 0.25) is 5.02 Å².